The number of piperazine rings is 1. The van der Waals surface area contributed by atoms with E-state index in [0.717, 1.165) is 26.2 Å². The molecule has 2 heterocycles. The fourth-order valence-corrected chi connectivity index (χ4v) is 3.73. The smallest absolute Gasteiger partial charge is 0.258 e. The molecule has 26 heavy (non-hydrogen) atoms. The average Bonchev–Trinajstić information content (AvgIpc) is 3.17. The summed E-state index contributed by atoms with van der Waals surface area (Å²) >= 11 is 1.66. The Labute approximate surface area is 157 Å². The number of likely N-dealkylation sites (N-methyl/N-ethyl adjacent to an activating group) is 1. The van der Waals surface area contributed by atoms with E-state index in [1.807, 2.05) is 0 Å². The SMILES string of the molecule is CN1CCN(C(CNC(=O)COc2ccccc2F)c2ccsc2)CC1. The summed E-state index contributed by atoms with van der Waals surface area (Å²) in [6.07, 6.45) is 0. The van der Waals surface area contributed by atoms with Crippen molar-refractivity contribution in [3.63, 3.8) is 0 Å². The standard InChI is InChI=1S/C19H24FN3O2S/c1-22-7-9-23(10-8-22)17(15-6-11-26-14-15)12-21-19(24)13-25-18-5-3-2-4-16(18)20/h2-6,11,14,17H,7-10,12-13H2,1H3,(H,21,24). The van der Waals surface area contributed by atoms with Crippen LogP contribution in [-0.2, 0) is 4.79 Å². The van der Waals surface area contributed by atoms with Crippen LogP contribution in [0, 0.1) is 5.82 Å². The van der Waals surface area contributed by atoms with Gasteiger partial charge in [0.15, 0.2) is 18.2 Å². The maximum absolute atomic E-state index is 13.5. The summed E-state index contributed by atoms with van der Waals surface area (Å²) in [5, 5.41) is 7.12. The lowest BCUT2D eigenvalue weighted by atomic mass is 10.1. The molecule has 0 spiro atoms. The first-order chi connectivity index (χ1) is 12.6. The van der Waals surface area contributed by atoms with Gasteiger partial charge < -0.3 is 15.0 Å². The average molecular weight is 377 g/mol. The lowest BCUT2D eigenvalue weighted by Gasteiger charge is -2.38. The summed E-state index contributed by atoms with van der Waals surface area (Å²) < 4.78 is 18.8. The highest BCUT2D eigenvalue weighted by atomic mass is 32.1. The number of benzene rings is 1. The lowest BCUT2D eigenvalue weighted by molar-refractivity contribution is -0.123. The fraction of sp³-hybridized carbons (Fsp3) is 0.421. The first-order valence-corrected chi connectivity index (χ1v) is 9.66. The van der Waals surface area contributed by atoms with Gasteiger partial charge in [0.25, 0.3) is 5.91 Å². The maximum atomic E-state index is 13.5. The quantitative estimate of drug-likeness (QED) is 0.805. The Balaban J connectivity index is 1.54. The molecule has 0 radical (unpaired) electrons. The third-order valence-electron chi connectivity index (χ3n) is 4.59. The van der Waals surface area contributed by atoms with E-state index in [9.17, 15) is 9.18 Å². The summed E-state index contributed by atoms with van der Waals surface area (Å²) in [6.45, 7) is 4.30. The molecule has 2 aromatic rings. The van der Waals surface area contributed by atoms with E-state index < -0.39 is 5.82 Å². The highest BCUT2D eigenvalue weighted by Gasteiger charge is 2.24. The van der Waals surface area contributed by atoms with Crippen molar-refractivity contribution in [1.82, 2.24) is 15.1 Å². The van der Waals surface area contributed by atoms with Crippen LogP contribution in [0.1, 0.15) is 11.6 Å². The van der Waals surface area contributed by atoms with Crippen LogP contribution in [0.4, 0.5) is 4.39 Å². The first-order valence-electron chi connectivity index (χ1n) is 8.72. The number of ether oxygens (including phenoxy) is 1. The van der Waals surface area contributed by atoms with Gasteiger partial charge in [-0.15, -0.1) is 0 Å². The van der Waals surface area contributed by atoms with Gasteiger partial charge in [-0.2, -0.15) is 11.3 Å². The van der Waals surface area contributed by atoms with Crippen molar-refractivity contribution < 1.29 is 13.9 Å². The molecule has 0 saturated carbocycles. The van der Waals surface area contributed by atoms with E-state index in [1.165, 1.54) is 17.7 Å². The number of rotatable bonds is 7. The zero-order valence-electron chi connectivity index (χ0n) is 14.9. The zero-order chi connectivity index (χ0) is 18.4. The van der Waals surface area contributed by atoms with Crippen LogP contribution < -0.4 is 10.1 Å². The van der Waals surface area contributed by atoms with Crippen molar-refractivity contribution in [1.29, 1.82) is 0 Å². The molecule has 3 rings (SSSR count). The van der Waals surface area contributed by atoms with E-state index in [2.05, 4.69) is 39.0 Å². The molecule has 5 nitrogen and oxygen atoms in total. The molecule has 1 aromatic carbocycles. The van der Waals surface area contributed by atoms with Gasteiger partial charge in [0.05, 0.1) is 6.04 Å². The van der Waals surface area contributed by atoms with Gasteiger partial charge in [-0.05, 0) is 41.6 Å². The van der Waals surface area contributed by atoms with Gasteiger partial charge in [-0.25, -0.2) is 4.39 Å². The normalized spacial score (nSPS) is 17.0. The van der Waals surface area contributed by atoms with Crippen molar-refractivity contribution in [2.75, 3.05) is 46.4 Å². The minimum absolute atomic E-state index is 0.0936. The van der Waals surface area contributed by atoms with E-state index in [-0.39, 0.29) is 24.3 Å². The van der Waals surface area contributed by atoms with Gasteiger partial charge in [0, 0.05) is 32.7 Å². The predicted molar refractivity (Wildman–Crippen MR) is 101 cm³/mol. The molecule has 1 amide bonds. The van der Waals surface area contributed by atoms with Crippen molar-refractivity contribution >= 4 is 17.2 Å². The Morgan fingerprint density at radius 2 is 2.04 bits per heavy atom. The van der Waals surface area contributed by atoms with Crippen molar-refractivity contribution in [2.24, 2.45) is 0 Å². The Morgan fingerprint density at radius 1 is 1.27 bits per heavy atom. The summed E-state index contributed by atoms with van der Waals surface area (Å²) in [6, 6.07) is 8.34. The van der Waals surface area contributed by atoms with Gasteiger partial charge in [-0.3, -0.25) is 9.69 Å². The van der Waals surface area contributed by atoms with Crippen molar-refractivity contribution in [3.05, 3.63) is 52.5 Å². The van der Waals surface area contributed by atoms with Crippen LogP contribution >= 0.6 is 11.3 Å². The maximum Gasteiger partial charge on any atom is 0.258 e. The molecule has 1 unspecified atom stereocenters. The van der Waals surface area contributed by atoms with E-state index in [1.54, 1.807) is 23.5 Å². The predicted octanol–water partition coefficient (Wildman–Crippen LogP) is 2.37. The largest absolute Gasteiger partial charge is 0.481 e. The van der Waals surface area contributed by atoms with Gasteiger partial charge in [0.1, 0.15) is 0 Å². The summed E-state index contributed by atoms with van der Waals surface area (Å²) in [5.41, 5.74) is 1.22. The van der Waals surface area contributed by atoms with Gasteiger partial charge in [-0.1, -0.05) is 12.1 Å². The van der Waals surface area contributed by atoms with Gasteiger partial charge >= 0.3 is 0 Å². The van der Waals surface area contributed by atoms with Crippen LogP contribution in [0.2, 0.25) is 0 Å². The number of hydrogen-bond donors (Lipinski definition) is 1. The molecule has 1 aromatic heterocycles. The highest BCUT2D eigenvalue weighted by molar-refractivity contribution is 7.07. The Bertz CT molecular complexity index is 703. The monoisotopic (exact) mass is 377 g/mol. The molecular weight excluding hydrogens is 353 g/mol. The molecule has 0 aliphatic carbocycles. The van der Waals surface area contributed by atoms with Crippen LogP contribution in [-0.4, -0.2) is 62.1 Å². The second-order valence-electron chi connectivity index (χ2n) is 6.43. The lowest BCUT2D eigenvalue weighted by Crippen LogP contribution is -2.48. The Hall–Kier alpha value is -1.96. The number of halogens is 1. The number of para-hydroxylation sites is 1. The summed E-state index contributed by atoms with van der Waals surface area (Å²) in [5.74, 6) is -0.618. The molecule has 1 aliphatic rings. The number of hydrogen-bond acceptors (Lipinski definition) is 5. The molecule has 1 saturated heterocycles. The second kappa shape index (κ2) is 9.12. The van der Waals surface area contributed by atoms with E-state index in [4.69, 9.17) is 4.74 Å². The molecule has 1 N–H and O–H groups in total. The number of thiophene rings is 1. The van der Waals surface area contributed by atoms with E-state index in [0.29, 0.717) is 6.54 Å². The molecule has 0 bridgehead atoms. The minimum atomic E-state index is -0.464. The van der Waals surface area contributed by atoms with Crippen LogP contribution in [0.5, 0.6) is 5.75 Å². The van der Waals surface area contributed by atoms with Crippen molar-refractivity contribution in [3.8, 4) is 5.75 Å². The van der Waals surface area contributed by atoms with Gasteiger partial charge in [0.2, 0.25) is 0 Å². The third kappa shape index (κ3) is 5.03. The Morgan fingerprint density at radius 3 is 2.73 bits per heavy atom. The molecule has 1 fully saturated rings. The molecule has 1 aliphatic heterocycles. The van der Waals surface area contributed by atoms with E-state index >= 15 is 0 Å². The first kappa shape index (κ1) is 18.8. The molecule has 1 atom stereocenters. The molecular formula is C19H24FN3O2S. The zero-order valence-corrected chi connectivity index (χ0v) is 15.7. The number of nitrogens with one attached hydrogen (secondary N) is 1. The number of amides is 1. The number of carbonyl (C=O) groups excluding carboxylic acids is 1. The minimum Gasteiger partial charge on any atom is -0.481 e. The topological polar surface area (TPSA) is 44.8 Å². The van der Waals surface area contributed by atoms with Crippen molar-refractivity contribution in [2.45, 2.75) is 6.04 Å². The fourth-order valence-electron chi connectivity index (χ4n) is 3.02. The molecule has 7 heteroatoms. The van der Waals surface area contributed by atoms with Crippen LogP contribution in [0.3, 0.4) is 0 Å². The number of carbonyl (C=O) groups is 1. The summed E-state index contributed by atoms with van der Waals surface area (Å²) in [7, 11) is 2.12. The third-order valence-corrected chi connectivity index (χ3v) is 5.30. The Kier molecular flexibility index (Phi) is 6.60. The van der Waals surface area contributed by atoms with Crippen LogP contribution in [0.25, 0.3) is 0 Å². The second-order valence-corrected chi connectivity index (χ2v) is 7.21. The molecule has 140 valence electrons. The summed E-state index contributed by atoms with van der Waals surface area (Å²) in [4.78, 5) is 16.9. The van der Waals surface area contributed by atoms with Crippen LogP contribution in [0.15, 0.2) is 41.1 Å². The number of nitrogens with zero attached hydrogens (tertiary/aromatic N) is 2. The highest BCUT2D eigenvalue weighted by Crippen LogP contribution is 2.23.